The molecular formula is C11H13ClF2N2O2. The van der Waals surface area contributed by atoms with Gasteiger partial charge < -0.3 is 15.7 Å². The number of carbonyl (C=O) groups excluding carboxylic acids is 1. The van der Waals surface area contributed by atoms with Crippen molar-refractivity contribution in [3.63, 3.8) is 0 Å². The molecule has 1 aliphatic rings. The number of benzene rings is 1. The number of hydrogen-bond acceptors (Lipinski definition) is 3. The maximum absolute atomic E-state index is 13.2. The maximum atomic E-state index is 13.2. The van der Waals surface area contributed by atoms with E-state index in [-0.39, 0.29) is 24.5 Å². The highest BCUT2D eigenvalue weighted by Crippen LogP contribution is 2.16. The van der Waals surface area contributed by atoms with Gasteiger partial charge in [0.25, 0.3) is 0 Å². The number of carbonyl (C=O) groups is 1. The molecule has 3 N–H and O–H groups in total. The van der Waals surface area contributed by atoms with Crippen molar-refractivity contribution >= 4 is 24.0 Å². The first-order valence-electron chi connectivity index (χ1n) is 5.23. The van der Waals surface area contributed by atoms with Gasteiger partial charge in [0.1, 0.15) is 11.6 Å². The molecule has 0 bridgehead atoms. The Hall–Kier alpha value is -1.24. The molecule has 0 aliphatic carbocycles. The molecule has 0 saturated carbocycles. The third kappa shape index (κ3) is 3.38. The molecule has 4 nitrogen and oxygen atoms in total. The number of β-amino-alcohol motifs (C(OH)–C–C–N with tert-alkyl or cyclic N) is 1. The summed E-state index contributed by atoms with van der Waals surface area (Å²) in [5, 5.41) is 14.4. The Labute approximate surface area is 109 Å². The van der Waals surface area contributed by atoms with Crippen LogP contribution in [0.15, 0.2) is 18.2 Å². The highest BCUT2D eigenvalue weighted by atomic mass is 35.5. The zero-order valence-electron chi connectivity index (χ0n) is 9.32. The van der Waals surface area contributed by atoms with E-state index in [0.717, 1.165) is 12.1 Å². The van der Waals surface area contributed by atoms with Gasteiger partial charge in [-0.05, 0) is 18.6 Å². The molecule has 1 aromatic rings. The molecule has 0 aromatic heterocycles. The molecular weight excluding hydrogens is 266 g/mol. The first-order valence-corrected chi connectivity index (χ1v) is 5.23. The van der Waals surface area contributed by atoms with Gasteiger partial charge in [-0.15, -0.1) is 12.4 Å². The second-order valence-corrected chi connectivity index (χ2v) is 3.96. The number of rotatable bonds is 2. The van der Waals surface area contributed by atoms with Crippen molar-refractivity contribution in [3.8, 4) is 0 Å². The average Bonchev–Trinajstić information content (AvgIpc) is 2.69. The van der Waals surface area contributed by atoms with Crippen molar-refractivity contribution in [2.45, 2.75) is 18.6 Å². The highest BCUT2D eigenvalue weighted by molar-refractivity contribution is 5.95. The van der Waals surface area contributed by atoms with Crippen molar-refractivity contribution in [3.05, 3.63) is 29.8 Å². The van der Waals surface area contributed by atoms with Crippen LogP contribution in [0.1, 0.15) is 6.42 Å². The van der Waals surface area contributed by atoms with Gasteiger partial charge in [0.05, 0.1) is 17.8 Å². The van der Waals surface area contributed by atoms with Gasteiger partial charge in [0, 0.05) is 12.6 Å². The summed E-state index contributed by atoms with van der Waals surface area (Å²) in [6.45, 7) is 0.337. The average molecular weight is 279 g/mol. The van der Waals surface area contributed by atoms with E-state index in [1.165, 1.54) is 0 Å². The Morgan fingerprint density at radius 2 is 2.17 bits per heavy atom. The van der Waals surface area contributed by atoms with Crippen LogP contribution in [-0.4, -0.2) is 29.7 Å². The van der Waals surface area contributed by atoms with E-state index >= 15 is 0 Å². The lowest BCUT2D eigenvalue weighted by atomic mass is 10.2. The normalized spacial score (nSPS) is 22.4. The summed E-state index contributed by atoms with van der Waals surface area (Å²) in [4.78, 5) is 11.7. The number of halogens is 3. The van der Waals surface area contributed by atoms with Crippen molar-refractivity contribution in [2.75, 3.05) is 11.9 Å². The summed E-state index contributed by atoms with van der Waals surface area (Å²) in [6.07, 6.45) is -0.280. The van der Waals surface area contributed by atoms with E-state index in [2.05, 4.69) is 10.6 Å². The summed E-state index contributed by atoms with van der Waals surface area (Å²) in [7, 11) is 0. The van der Waals surface area contributed by atoms with Crippen molar-refractivity contribution in [2.24, 2.45) is 0 Å². The predicted octanol–water partition coefficient (Wildman–Crippen LogP) is 1.05. The number of aliphatic hydroxyl groups excluding tert-OH is 1. The molecule has 1 saturated heterocycles. The Morgan fingerprint density at radius 3 is 2.72 bits per heavy atom. The molecule has 0 spiro atoms. The third-order valence-electron chi connectivity index (χ3n) is 2.61. The monoisotopic (exact) mass is 278 g/mol. The van der Waals surface area contributed by atoms with Gasteiger partial charge in [0.15, 0.2) is 0 Å². The lowest BCUT2D eigenvalue weighted by Crippen LogP contribution is -2.35. The molecule has 7 heteroatoms. The number of anilines is 1. The fraction of sp³-hybridized carbons (Fsp3) is 0.364. The standard InChI is InChI=1S/C11H12F2N2O2.ClH/c12-6-1-2-9(8(13)3-6)15-11(17)10-4-7(16)5-14-10;/h1-3,7,10,14,16H,4-5H2,(H,15,17);1H. The minimum atomic E-state index is -0.822. The van der Waals surface area contributed by atoms with Crippen LogP contribution in [0, 0.1) is 11.6 Å². The largest absolute Gasteiger partial charge is 0.392 e. The molecule has 2 rings (SSSR count). The lowest BCUT2D eigenvalue weighted by Gasteiger charge is -2.11. The maximum Gasteiger partial charge on any atom is 0.241 e. The second kappa shape index (κ2) is 6.08. The van der Waals surface area contributed by atoms with E-state index in [9.17, 15) is 18.7 Å². The SMILES string of the molecule is Cl.O=C(Nc1ccc(F)cc1F)C1CC(O)CN1. The number of nitrogens with one attached hydrogen (secondary N) is 2. The Balaban J connectivity index is 0.00000162. The van der Waals surface area contributed by atoms with E-state index in [1.54, 1.807) is 0 Å². The van der Waals surface area contributed by atoms with E-state index in [0.29, 0.717) is 12.6 Å². The molecule has 1 aromatic carbocycles. The molecule has 2 unspecified atom stereocenters. The summed E-state index contributed by atoms with van der Waals surface area (Å²) < 4.78 is 25.9. The fourth-order valence-electron chi connectivity index (χ4n) is 1.73. The highest BCUT2D eigenvalue weighted by Gasteiger charge is 2.28. The molecule has 1 fully saturated rings. The Bertz CT molecular complexity index is 445. The molecule has 0 radical (unpaired) electrons. The summed E-state index contributed by atoms with van der Waals surface area (Å²) >= 11 is 0. The van der Waals surface area contributed by atoms with Crippen molar-refractivity contribution in [1.29, 1.82) is 0 Å². The van der Waals surface area contributed by atoms with Gasteiger partial charge in [0.2, 0.25) is 5.91 Å². The number of amides is 1. The summed E-state index contributed by atoms with van der Waals surface area (Å²) in [6, 6.07) is 2.38. The first-order chi connectivity index (χ1) is 8.06. The van der Waals surface area contributed by atoms with Crippen LogP contribution < -0.4 is 10.6 Å². The zero-order chi connectivity index (χ0) is 12.4. The van der Waals surface area contributed by atoms with Crippen LogP contribution in [0.25, 0.3) is 0 Å². The van der Waals surface area contributed by atoms with Gasteiger partial charge in [-0.25, -0.2) is 8.78 Å². The van der Waals surface area contributed by atoms with Crippen LogP contribution >= 0.6 is 12.4 Å². The fourth-order valence-corrected chi connectivity index (χ4v) is 1.73. The van der Waals surface area contributed by atoms with Crippen LogP contribution in [0.4, 0.5) is 14.5 Å². The molecule has 1 heterocycles. The molecule has 1 aliphatic heterocycles. The van der Waals surface area contributed by atoms with Crippen LogP contribution in [0.3, 0.4) is 0 Å². The topological polar surface area (TPSA) is 61.4 Å². The molecule has 100 valence electrons. The summed E-state index contributed by atoms with van der Waals surface area (Å²) in [5.74, 6) is -1.96. The Kier molecular flexibility index (Phi) is 5.01. The number of hydrogen-bond donors (Lipinski definition) is 3. The molecule has 18 heavy (non-hydrogen) atoms. The molecule has 1 amide bonds. The van der Waals surface area contributed by atoms with E-state index < -0.39 is 29.7 Å². The minimum Gasteiger partial charge on any atom is -0.392 e. The van der Waals surface area contributed by atoms with Crippen molar-refractivity contribution in [1.82, 2.24) is 5.32 Å². The number of aliphatic hydroxyl groups is 1. The smallest absolute Gasteiger partial charge is 0.241 e. The van der Waals surface area contributed by atoms with Gasteiger partial charge in [-0.1, -0.05) is 0 Å². The van der Waals surface area contributed by atoms with E-state index in [1.807, 2.05) is 0 Å². The van der Waals surface area contributed by atoms with Crippen LogP contribution in [-0.2, 0) is 4.79 Å². The van der Waals surface area contributed by atoms with Gasteiger partial charge in [-0.3, -0.25) is 4.79 Å². The lowest BCUT2D eigenvalue weighted by molar-refractivity contribution is -0.118. The van der Waals surface area contributed by atoms with E-state index in [4.69, 9.17) is 0 Å². The zero-order valence-corrected chi connectivity index (χ0v) is 10.1. The second-order valence-electron chi connectivity index (χ2n) is 3.96. The van der Waals surface area contributed by atoms with Crippen LogP contribution in [0.2, 0.25) is 0 Å². The third-order valence-corrected chi connectivity index (χ3v) is 2.61. The Morgan fingerprint density at radius 1 is 1.44 bits per heavy atom. The van der Waals surface area contributed by atoms with Crippen molar-refractivity contribution < 1.29 is 18.7 Å². The van der Waals surface area contributed by atoms with Gasteiger partial charge in [-0.2, -0.15) is 0 Å². The molecule has 2 atom stereocenters. The summed E-state index contributed by atoms with van der Waals surface area (Å²) in [5.41, 5.74) is -0.0698. The quantitative estimate of drug-likeness (QED) is 0.758. The first kappa shape index (κ1) is 14.8. The predicted molar refractivity (Wildman–Crippen MR) is 64.7 cm³/mol. The van der Waals surface area contributed by atoms with Gasteiger partial charge >= 0.3 is 0 Å². The minimum absolute atomic E-state index is 0. The van der Waals surface area contributed by atoms with Crippen LogP contribution in [0.5, 0.6) is 0 Å².